The SMILES string of the molecule is Cc1ccc(C(=O)Nc2ccc(N)cn2)c(Br)c1. The maximum atomic E-state index is 12.0. The van der Waals surface area contributed by atoms with Crippen molar-refractivity contribution in [1.29, 1.82) is 0 Å². The maximum absolute atomic E-state index is 12.0. The smallest absolute Gasteiger partial charge is 0.257 e. The standard InChI is InChI=1S/C13H12BrN3O/c1-8-2-4-10(11(14)6-8)13(18)17-12-5-3-9(15)7-16-12/h2-7H,15H2,1H3,(H,16,17,18). The Labute approximate surface area is 113 Å². The van der Waals surface area contributed by atoms with Crippen LogP contribution >= 0.6 is 15.9 Å². The lowest BCUT2D eigenvalue weighted by Crippen LogP contribution is -2.13. The first-order chi connectivity index (χ1) is 8.56. The first kappa shape index (κ1) is 12.6. The molecular weight excluding hydrogens is 294 g/mol. The molecule has 1 aromatic heterocycles. The second-order valence-electron chi connectivity index (χ2n) is 3.91. The van der Waals surface area contributed by atoms with Crippen molar-refractivity contribution in [3.05, 3.63) is 52.1 Å². The van der Waals surface area contributed by atoms with Crippen LogP contribution in [0.15, 0.2) is 41.0 Å². The average molecular weight is 306 g/mol. The van der Waals surface area contributed by atoms with E-state index in [1.54, 1.807) is 18.2 Å². The highest BCUT2D eigenvalue weighted by atomic mass is 79.9. The van der Waals surface area contributed by atoms with Crippen LogP contribution in [-0.2, 0) is 0 Å². The van der Waals surface area contributed by atoms with E-state index in [1.807, 2.05) is 19.1 Å². The third kappa shape index (κ3) is 2.87. The van der Waals surface area contributed by atoms with Crippen molar-refractivity contribution >= 4 is 33.3 Å². The molecule has 0 aliphatic rings. The lowest BCUT2D eigenvalue weighted by molar-refractivity contribution is 0.102. The number of aryl methyl sites for hydroxylation is 1. The van der Waals surface area contributed by atoms with Crippen molar-refractivity contribution in [1.82, 2.24) is 4.98 Å². The van der Waals surface area contributed by atoms with Crippen LogP contribution in [0.5, 0.6) is 0 Å². The number of hydrogen-bond donors (Lipinski definition) is 2. The molecule has 4 nitrogen and oxygen atoms in total. The van der Waals surface area contributed by atoms with Gasteiger partial charge in [-0.15, -0.1) is 0 Å². The Bertz CT molecular complexity index is 581. The Balaban J connectivity index is 2.19. The third-order valence-corrected chi connectivity index (χ3v) is 3.05. The molecule has 0 fully saturated rings. The molecule has 0 spiro atoms. The summed E-state index contributed by atoms with van der Waals surface area (Å²) in [7, 11) is 0. The summed E-state index contributed by atoms with van der Waals surface area (Å²) in [5.41, 5.74) is 7.74. The fourth-order valence-electron chi connectivity index (χ4n) is 1.47. The molecule has 1 heterocycles. The largest absolute Gasteiger partial charge is 0.397 e. The molecular formula is C13H12BrN3O. The maximum Gasteiger partial charge on any atom is 0.257 e. The molecule has 0 unspecified atom stereocenters. The highest BCUT2D eigenvalue weighted by Gasteiger charge is 2.10. The summed E-state index contributed by atoms with van der Waals surface area (Å²) in [6.07, 6.45) is 1.50. The van der Waals surface area contributed by atoms with Crippen LogP contribution in [-0.4, -0.2) is 10.9 Å². The Morgan fingerprint density at radius 3 is 2.72 bits per heavy atom. The minimum Gasteiger partial charge on any atom is -0.397 e. The summed E-state index contributed by atoms with van der Waals surface area (Å²) < 4.78 is 0.760. The number of amides is 1. The summed E-state index contributed by atoms with van der Waals surface area (Å²) in [5.74, 6) is 0.265. The Hall–Kier alpha value is -1.88. The van der Waals surface area contributed by atoms with Crippen molar-refractivity contribution < 1.29 is 4.79 Å². The van der Waals surface area contributed by atoms with E-state index in [2.05, 4.69) is 26.2 Å². The molecule has 0 aliphatic heterocycles. The molecule has 18 heavy (non-hydrogen) atoms. The Kier molecular flexibility index (Phi) is 3.62. The number of nitrogens with zero attached hydrogens (tertiary/aromatic N) is 1. The van der Waals surface area contributed by atoms with E-state index < -0.39 is 0 Å². The number of pyridine rings is 1. The van der Waals surface area contributed by atoms with E-state index >= 15 is 0 Å². The molecule has 0 saturated carbocycles. The number of benzene rings is 1. The summed E-state index contributed by atoms with van der Waals surface area (Å²) in [6, 6.07) is 8.90. The predicted octanol–water partition coefficient (Wildman–Crippen LogP) is 2.99. The summed E-state index contributed by atoms with van der Waals surface area (Å²) in [5, 5.41) is 2.71. The van der Waals surface area contributed by atoms with E-state index in [4.69, 9.17) is 5.73 Å². The van der Waals surface area contributed by atoms with Gasteiger partial charge in [-0.1, -0.05) is 6.07 Å². The van der Waals surface area contributed by atoms with Gasteiger partial charge in [0, 0.05) is 4.47 Å². The van der Waals surface area contributed by atoms with Gasteiger partial charge in [0.05, 0.1) is 17.4 Å². The van der Waals surface area contributed by atoms with Gasteiger partial charge in [-0.3, -0.25) is 4.79 Å². The molecule has 5 heteroatoms. The van der Waals surface area contributed by atoms with Crippen LogP contribution in [0.3, 0.4) is 0 Å². The fourth-order valence-corrected chi connectivity index (χ4v) is 2.14. The van der Waals surface area contributed by atoms with Gasteiger partial charge in [-0.25, -0.2) is 4.98 Å². The molecule has 92 valence electrons. The number of nitrogens with one attached hydrogen (secondary N) is 1. The molecule has 1 amide bonds. The van der Waals surface area contributed by atoms with Crippen molar-refractivity contribution in [3.8, 4) is 0 Å². The number of hydrogen-bond acceptors (Lipinski definition) is 3. The van der Waals surface area contributed by atoms with Gasteiger partial charge in [0.15, 0.2) is 0 Å². The van der Waals surface area contributed by atoms with Crippen LogP contribution in [0.4, 0.5) is 11.5 Å². The van der Waals surface area contributed by atoms with Gasteiger partial charge in [0.25, 0.3) is 5.91 Å². The zero-order valence-corrected chi connectivity index (χ0v) is 11.4. The Morgan fingerprint density at radius 2 is 2.11 bits per heavy atom. The molecule has 0 bridgehead atoms. The molecule has 0 atom stereocenters. The van der Waals surface area contributed by atoms with Gasteiger partial charge >= 0.3 is 0 Å². The molecule has 0 aliphatic carbocycles. The fraction of sp³-hybridized carbons (Fsp3) is 0.0769. The number of nitrogens with two attached hydrogens (primary N) is 1. The average Bonchev–Trinajstić information content (AvgIpc) is 2.32. The summed E-state index contributed by atoms with van der Waals surface area (Å²) >= 11 is 3.37. The minimum absolute atomic E-state index is 0.209. The van der Waals surface area contributed by atoms with E-state index in [9.17, 15) is 4.79 Å². The summed E-state index contributed by atoms with van der Waals surface area (Å²) in [6.45, 7) is 1.97. The van der Waals surface area contributed by atoms with E-state index in [0.29, 0.717) is 17.1 Å². The number of aromatic nitrogens is 1. The van der Waals surface area contributed by atoms with Gasteiger partial charge in [0.2, 0.25) is 0 Å². The second-order valence-corrected chi connectivity index (χ2v) is 4.77. The first-order valence-electron chi connectivity index (χ1n) is 5.35. The van der Waals surface area contributed by atoms with Crippen LogP contribution in [0, 0.1) is 6.92 Å². The lowest BCUT2D eigenvalue weighted by atomic mass is 10.1. The van der Waals surface area contributed by atoms with E-state index in [0.717, 1.165) is 10.0 Å². The predicted molar refractivity (Wildman–Crippen MR) is 75.5 cm³/mol. The highest BCUT2D eigenvalue weighted by Crippen LogP contribution is 2.19. The molecule has 0 radical (unpaired) electrons. The first-order valence-corrected chi connectivity index (χ1v) is 6.14. The van der Waals surface area contributed by atoms with Crippen molar-refractivity contribution in [2.45, 2.75) is 6.92 Å². The van der Waals surface area contributed by atoms with E-state index in [-0.39, 0.29) is 5.91 Å². The zero-order chi connectivity index (χ0) is 13.1. The molecule has 0 saturated heterocycles. The van der Waals surface area contributed by atoms with Crippen LogP contribution in [0.1, 0.15) is 15.9 Å². The van der Waals surface area contributed by atoms with Crippen molar-refractivity contribution in [3.63, 3.8) is 0 Å². The molecule has 3 N–H and O–H groups in total. The second kappa shape index (κ2) is 5.18. The topological polar surface area (TPSA) is 68.0 Å². The van der Waals surface area contributed by atoms with E-state index in [1.165, 1.54) is 6.20 Å². The quantitative estimate of drug-likeness (QED) is 0.896. The normalized spacial score (nSPS) is 10.1. The number of halogens is 1. The number of carbonyl (C=O) groups excluding carboxylic acids is 1. The van der Waals surface area contributed by atoms with Crippen LogP contribution < -0.4 is 11.1 Å². The van der Waals surface area contributed by atoms with Gasteiger partial charge in [-0.2, -0.15) is 0 Å². The lowest BCUT2D eigenvalue weighted by Gasteiger charge is -2.07. The molecule has 2 aromatic rings. The number of rotatable bonds is 2. The van der Waals surface area contributed by atoms with Gasteiger partial charge < -0.3 is 11.1 Å². The number of anilines is 2. The minimum atomic E-state index is -0.209. The molecule has 1 aromatic carbocycles. The van der Waals surface area contributed by atoms with Crippen molar-refractivity contribution in [2.24, 2.45) is 0 Å². The van der Waals surface area contributed by atoms with Gasteiger partial charge in [-0.05, 0) is 52.7 Å². The zero-order valence-electron chi connectivity index (χ0n) is 9.77. The van der Waals surface area contributed by atoms with Crippen LogP contribution in [0.2, 0.25) is 0 Å². The van der Waals surface area contributed by atoms with Crippen molar-refractivity contribution in [2.75, 3.05) is 11.1 Å². The number of carbonyl (C=O) groups is 1. The van der Waals surface area contributed by atoms with Gasteiger partial charge in [0.1, 0.15) is 5.82 Å². The summed E-state index contributed by atoms with van der Waals surface area (Å²) in [4.78, 5) is 16.0. The molecule has 2 rings (SSSR count). The highest BCUT2D eigenvalue weighted by molar-refractivity contribution is 9.10. The Morgan fingerprint density at radius 1 is 1.33 bits per heavy atom. The third-order valence-electron chi connectivity index (χ3n) is 2.40. The number of nitrogen functional groups attached to an aromatic ring is 1. The monoisotopic (exact) mass is 305 g/mol. The van der Waals surface area contributed by atoms with Crippen LogP contribution in [0.25, 0.3) is 0 Å².